The summed E-state index contributed by atoms with van der Waals surface area (Å²) in [7, 11) is 0. The van der Waals surface area contributed by atoms with E-state index in [9.17, 15) is 4.79 Å². The molecule has 0 aromatic carbocycles. The van der Waals surface area contributed by atoms with Crippen LogP contribution in [0.25, 0.3) is 0 Å². The minimum atomic E-state index is 0.240. The summed E-state index contributed by atoms with van der Waals surface area (Å²) in [6, 6.07) is 5.64. The van der Waals surface area contributed by atoms with Gasteiger partial charge in [0.2, 0.25) is 5.91 Å². The van der Waals surface area contributed by atoms with E-state index in [2.05, 4.69) is 37.1 Å². The third-order valence-corrected chi connectivity index (χ3v) is 8.74. The molecule has 1 amide bonds. The molecule has 6 nitrogen and oxygen atoms in total. The summed E-state index contributed by atoms with van der Waals surface area (Å²) in [5.41, 5.74) is 1.32. The molecule has 33 heavy (non-hydrogen) atoms. The molecule has 182 valence electrons. The van der Waals surface area contributed by atoms with Crippen LogP contribution in [0.4, 0.5) is 0 Å². The molecule has 1 N–H and O–H groups in total. The maximum atomic E-state index is 12.5. The topological polar surface area (TPSA) is 51.7 Å². The van der Waals surface area contributed by atoms with Gasteiger partial charge >= 0.3 is 0 Å². The van der Waals surface area contributed by atoms with Crippen molar-refractivity contribution in [2.24, 2.45) is 11.8 Å². The number of pyridine rings is 1. The highest BCUT2D eigenvalue weighted by molar-refractivity contribution is 5.75. The van der Waals surface area contributed by atoms with E-state index in [4.69, 9.17) is 0 Å². The third-order valence-electron chi connectivity index (χ3n) is 8.74. The number of hydrogen-bond donors (Lipinski definition) is 1. The molecule has 4 aliphatic heterocycles. The Morgan fingerprint density at radius 3 is 2.76 bits per heavy atom. The number of carbonyl (C=O) groups is 1. The number of aromatic nitrogens is 1. The Labute approximate surface area is 200 Å². The lowest BCUT2D eigenvalue weighted by atomic mass is 9.69. The van der Waals surface area contributed by atoms with Crippen LogP contribution >= 0.6 is 0 Å². The zero-order chi connectivity index (χ0) is 22.5. The fourth-order valence-corrected chi connectivity index (χ4v) is 7.31. The van der Waals surface area contributed by atoms with Gasteiger partial charge < -0.3 is 10.2 Å². The number of rotatable bonds is 9. The van der Waals surface area contributed by atoms with Gasteiger partial charge in [0.15, 0.2) is 0 Å². The van der Waals surface area contributed by atoms with E-state index >= 15 is 0 Å². The molecule has 4 aliphatic rings. The van der Waals surface area contributed by atoms with Gasteiger partial charge in [0, 0.05) is 57.1 Å². The van der Waals surface area contributed by atoms with E-state index in [0.717, 1.165) is 50.4 Å². The van der Waals surface area contributed by atoms with Crippen LogP contribution in [0.2, 0.25) is 0 Å². The second-order valence-corrected chi connectivity index (χ2v) is 10.9. The van der Waals surface area contributed by atoms with Crippen LogP contribution in [0.3, 0.4) is 0 Å². The number of carbonyl (C=O) groups excluding carboxylic acids is 1. The van der Waals surface area contributed by atoms with Crippen LogP contribution in [0.1, 0.15) is 63.4 Å². The van der Waals surface area contributed by atoms with E-state index in [1.54, 1.807) is 0 Å². The van der Waals surface area contributed by atoms with Crippen LogP contribution in [0.15, 0.2) is 24.5 Å². The maximum absolute atomic E-state index is 12.5. The molecule has 0 unspecified atom stereocenters. The van der Waals surface area contributed by atoms with Crippen molar-refractivity contribution >= 4 is 5.91 Å². The molecule has 5 heterocycles. The largest absolute Gasteiger partial charge is 0.355 e. The van der Waals surface area contributed by atoms with Crippen LogP contribution < -0.4 is 5.32 Å². The molecule has 0 spiro atoms. The zero-order valence-corrected chi connectivity index (χ0v) is 20.3. The highest BCUT2D eigenvalue weighted by atomic mass is 16.1. The number of piperidine rings is 3. The van der Waals surface area contributed by atoms with Crippen molar-refractivity contribution in [3.05, 3.63) is 30.1 Å². The summed E-state index contributed by atoms with van der Waals surface area (Å²) in [6.45, 7) is 9.01. The smallest absolute Gasteiger partial charge is 0.220 e. The molecular weight excluding hydrogens is 410 g/mol. The SMILES string of the molecule is O=C(CCC[C@@H]1[C@H]2CCCN3CCC[C@@H](CN1Cc1cccnc1)[C@@H]23)NCCN1CCCC1. The quantitative estimate of drug-likeness (QED) is 0.623. The van der Waals surface area contributed by atoms with Gasteiger partial charge in [0.25, 0.3) is 0 Å². The first-order valence-electron chi connectivity index (χ1n) is 13.6. The van der Waals surface area contributed by atoms with Crippen LogP contribution in [0, 0.1) is 11.8 Å². The minimum absolute atomic E-state index is 0.240. The van der Waals surface area contributed by atoms with Crippen molar-refractivity contribution in [1.29, 1.82) is 0 Å². The lowest BCUT2D eigenvalue weighted by molar-refractivity contribution is -0.121. The van der Waals surface area contributed by atoms with Crippen LogP contribution in [0.5, 0.6) is 0 Å². The van der Waals surface area contributed by atoms with E-state index in [0.29, 0.717) is 12.5 Å². The summed E-state index contributed by atoms with van der Waals surface area (Å²) in [5, 5.41) is 3.18. The highest BCUT2D eigenvalue weighted by Gasteiger charge is 2.48. The fraction of sp³-hybridized carbons (Fsp3) is 0.778. The zero-order valence-electron chi connectivity index (χ0n) is 20.3. The molecule has 0 bridgehead atoms. The molecule has 6 heteroatoms. The maximum Gasteiger partial charge on any atom is 0.220 e. The molecule has 0 radical (unpaired) electrons. The second-order valence-electron chi connectivity index (χ2n) is 10.9. The van der Waals surface area contributed by atoms with Crippen molar-refractivity contribution in [1.82, 2.24) is 25.0 Å². The van der Waals surface area contributed by atoms with Crippen LogP contribution in [-0.4, -0.2) is 83.5 Å². The summed E-state index contributed by atoms with van der Waals surface area (Å²) in [5.74, 6) is 1.81. The summed E-state index contributed by atoms with van der Waals surface area (Å²) < 4.78 is 0. The van der Waals surface area contributed by atoms with Gasteiger partial charge in [-0.25, -0.2) is 0 Å². The summed E-state index contributed by atoms with van der Waals surface area (Å²) >= 11 is 0. The predicted octanol–water partition coefficient (Wildman–Crippen LogP) is 3.14. The van der Waals surface area contributed by atoms with Gasteiger partial charge in [-0.15, -0.1) is 0 Å². The average molecular weight is 454 g/mol. The predicted molar refractivity (Wildman–Crippen MR) is 132 cm³/mol. The van der Waals surface area contributed by atoms with Crippen molar-refractivity contribution < 1.29 is 4.79 Å². The van der Waals surface area contributed by atoms with E-state index in [1.165, 1.54) is 76.8 Å². The number of amides is 1. The van der Waals surface area contributed by atoms with Gasteiger partial charge in [-0.05, 0) is 101 Å². The van der Waals surface area contributed by atoms with Gasteiger partial charge in [0.1, 0.15) is 0 Å². The Morgan fingerprint density at radius 1 is 1.09 bits per heavy atom. The van der Waals surface area contributed by atoms with Crippen molar-refractivity contribution in [2.75, 3.05) is 45.8 Å². The van der Waals surface area contributed by atoms with Crippen molar-refractivity contribution in [3.8, 4) is 0 Å². The standard InChI is InChI=1S/C27H43N5O/c33-26(29-13-18-30-14-1-2-15-30)11-3-10-25-24-9-6-17-31-16-5-8-23(27(24)31)21-32(25)20-22-7-4-12-28-19-22/h4,7,12,19,23-25,27H,1-3,5-6,8-11,13-18,20-21H2,(H,29,33)/t23-,24+,25+,27-/m0/s1. The first kappa shape index (κ1) is 23.3. The first-order valence-corrected chi connectivity index (χ1v) is 13.6. The summed E-state index contributed by atoms with van der Waals surface area (Å²) in [4.78, 5) is 24.9. The Hall–Kier alpha value is -1.50. The molecular formula is C27H43N5O. The van der Waals surface area contributed by atoms with Gasteiger partial charge in [-0.3, -0.25) is 19.6 Å². The van der Waals surface area contributed by atoms with Crippen LogP contribution in [-0.2, 0) is 11.3 Å². The van der Waals surface area contributed by atoms with Crippen molar-refractivity contribution in [2.45, 2.75) is 76.4 Å². The molecule has 1 aromatic rings. The first-order chi connectivity index (χ1) is 16.3. The number of hydrogen-bond acceptors (Lipinski definition) is 5. The lowest BCUT2D eigenvalue weighted by Gasteiger charge is -2.57. The Morgan fingerprint density at radius 2 is 1.94 bits per heavy atom. The monoisotopic (exact) mass is 453 g/mol. The number of nitrogens with one attached hydrogen (secondary N) is 1. The molecule has 5 rings (SSSR count). The van der Waals surface area contributed by atoms with Gasteiger partial charge in [0.05, 0.1) is 0 Å². The normalized spacial score (nSPS) is 30.8. The number of nitrogens with zero attached hydrogens (tertiary/aromatic N) is 4. The molecule has 0 saturated carbocycles. The Kier molecular flexibility index (Phi) is 7.95. The average Bonchev–Trinajstić information content (AvgIpc) is 3.35. The molecule has 4 fully saturated rings. The highest BCUT2D eigenvalue weighted by Crippen LogP contribution is 2.43. The Balaban J connectivity index is 1.18. The fourth-order valence-electron chi connectivity index (χ4n) is 7.31. The minimum Gasteiger partial charge on any atom is -0.355 e. The number of likely N-dealkylation sites (tertiary alicyclic amines) is 2. The third kappa shape index (κ3) is 5.77. The second kappa shape index (κ2) is 11.3. The van der Waals surface area contributed by atoms with E-state index in [1.807, 2.05) is 12.4 Å². The van der Waals surface area contributed by atoms with Gasteiger partial charge in [-0.2, -0.15) is 0 Å². The molecule has 0 aliphatic carbocycles. The Bertz CT molecular complexity index is 750. The van der Waals surface area contributed by atoms with Gasteiger partial charge in [-0.1, -0.05) is 6.07 Å². The molecule has 4 saturated heterocycles. The lowest BCUT2D eigenvalue weighted by Crippen LogP contribution is -2.64. The van der Waals surface area contributed by atoms with E-state index in [-0.39, 0.29) is 5.91 Å². The van der Waals surface area contributed by atoms with Crippen molar-refractivity contribution in [3.63, 3.8) is 0 Å². The van der Waals surface area contributed by atoms with E-state index < -0.39 is 0 Å². The molecule has 1 aromatic heterocycles. The molecule has 4 atom stereocenters. The summed E-state index contributed by atoms with van der Waals surface area (Å²) in [6.07, 6.45) is 14.8.